The van der Waals surface area contributed by atoms with Gasteiger partial charge in [-0.1, -0.05) is 24.3 Å². The van der Waals surface area contributed by atoms with Gasteiger partial charge in [0.25, 0.3) is 0 Å². The fourth-order valence-corrected chi connectivity index (χ4v) is 3.95. The van der Waals surface area contributed by atoms with Gasteiger partial charge in [0.2, 0.25) is 6.41 Å². The molecule has 0 fully saturated rings. The average Bonchev–Trinajstić information content (AvgIpc) is 2.91. The summed E-state index contributed by atoms with van der Waals surface area (Å²) in [6, 6.07) is 20.8. The zero-order valence-electron chi connectivity index (χ0n) is 20.8. The van der Waals surface area contributed by atoms with Gasteiger partial charge in [0.1, 0.15) is 35.7 Å². The van der Waals surface area contributed by atoms with Gasteiger partial charge >= 0.3 is 0 Å². The van der Waals surface area contributed by atoms with Gasteiger partial charge in [0.05, 0.1) is 19.9 Å². The van der Waals surface area contributed by atoms with Gasteiger partial charge in [-0.3, -0.25) is 4.79 Å². The van der Waals surface area contributed by atoms with Gasteiger partial charge in [-0.2, -0.15) is 0 Å². The number of aromatic hydroxyl groups is 1. The number of hydrogen-bond donors (Lipinski definition) is 4. The lowest BCUT2D eigenvalue weighted by atomic mass is 9.86. The highest BCUT2D eigenvalue weighted by molar-refractivity contribution is 5.76. The number of aliphatic hydroxyl groups excluding tert-OH is 1. The summed E-state index contributed by atoms with van der Waals surface area (Å²) in [5.41, 5.74) is 2.59. The molecule has 8 heteroatoms. The predicted molar refractivity (Wildman–Crippen MR) is 139 cm³/mol. The number of benzene rings is 3. The molecular formula is C28H34N2O6. The van der Waals surface area contributed by atoms with Crippen molar-refractivity contribution in [3.8, 4) is 23.0 Å². The second-order valence-electron chi connectivity index (χ2n) is 8.55. The Morgan fingerprint density at radius 3 is 1.97 bits per heavy atom. The van der Waals surface area contributed by atoms with Crippen LogP contribution in [0.5, 0.6) is 23.0 Å². The van der Waals surface area contributed by atoms with E-state index in [4.69, 9.17) is 14.2 Å². The molecule has 0 saturated carbocycles. The summed E-state index contributed by atoms with van der Waals surface area (Å²) < 4.78 is 16.2. The number of methoxy groups -OCH3 is 2. The van der Waals surface area contributed by atoms with Crippen LogP contribution in [0.15, 0.2) is 66.7 Å². The van der Waals surface area contributed by atoms with E-state index < -0.39 is 6.10 Å². The van der Waals surface area contributed by atoms with Crippen LogP contribution in [0.2, 0.25) is 0 Å². The van der Waals surface area contributed by atoms with Gasteiger partial charge in [0.15, 0.2) is 0 Å². The minimum atomic E-state index is -0.746. The van der Waals surface area contributed by atoms with E-state index in [1.807, 2.05) is 24.3 Å². The molecule has 0 spiro atoms. The number of phenolic OH excluding ortho intramolecular Hbond substituents is 1. The van der Waals surface area contributed by atoms with Crippen LogP contribution in [0.4, 0.5) is 5.69 Å². The van der Waals surface area contributed by atoms with Crippen molar-refractivity contribution in [2.45, 2.75) is 31.4 Å². The Bertz CT molecular complexity index is 1040. The molecule has 0 heterocycles. The SMILES string of the molecule is COc1ccc(C(CC(C)NC[C@H](O)COc2ccc(O)c(NC=O)c2)c2ccc(OC)cc2)cc1. The molecule has 192 valence electrons. The van der Waals surface area contributed by atoms with Gasteiger partial charge in [-0.15, -0.1) is 0 Å². The van der Waals surface area contributed by atoms with Gasteiger partial charge in [-0.05, 0) is 60.9 Å². The molecule has 3 rings (SSSR count). The van der Waals surface area contributed by atoms with E-state index in [0.717, 1.165) is 17.9 Å². The zero-order chi connectivity index (χ0) is 25.9. The lowest BCUT2D eigenvalue weighted by Crippen LogP contribution is -2.37. The number of carbonyl (C=O) groups is 1. The highest BCUT2D eigenvalue weighted by Crippen LogP contribution is 2.32. The Hall–Kier alpha value is -3.75. The van der Waals surface area contributed by atoms with Crippen LogP contribution in [-0.4, -0.2) is 56.1 Å². The van der Waals surface area contributed by atoms with E-state index in [2.05, 4.69) is 41.8 Å². The number of hydrogen-bond acceptors (Lipinski definition) is 7. The molecule has 1 amide bonds. The largest absolute Gasteiger partial charge is 0.506 e. The van der Waals surface area contributed by atoms with Crippen molar-refractivity contribution in [1.29, 1.82) is 0 Å². The molecule has 4 N–H and O–H groups in total. The summed E-state index contributed by atoms with van der Waals surface area (Å²) in [4.78, 5) is 10.6. The van der Waals surface area contributed by atoms with Crippen LogP contribution >= 0.6 is 0 Å². The van der Waals surface area contributed by atoms with E-state index in [-0.39, 0.29) is 30.0 Å². The van der Waals surface area contributed by atoms with Crippen molar-refractivity contribution in [1.82, 2.24) is 5.32 Å². The molecule has 0 aliphatic carbocycles. The molecule has 0 aliphatic heterocycles. The highest BCUT2D eigenvalue weighted by atomic mass is 16.5. The number of carbonyl (C=O) groups excluding carboxylic acids is 1. The lowest BCUT2D eigenvalue weighted by Gasteiger charge is -2.24. The smallest absolute Gasteiger partial charge is 0.211 e. The predicted octanol–water partition coefficient (Wildman–Crippen LogP) is 3.92. The van der Waals surface area contributed by atoms with Crippen molar-refractivity contribution in [2.75, 3.05) is 32.7 Å². The molecule has 3 aromatic rings. The van der Waals surface area contributed by atoms with Gasteiger partial charge in [-0.25, -0.2) is 0 Å². The molecular weight excluding hydrogens is 460 g/mol. The normalized spacial score (nSPS) is 12.6. The van der Waals surface area contributed by atoms with Crippen molar-refractivity contribution in [3.63, 3.8) is 0 Å². The van der Waals surface area contributed by atoms with E-state index in [1.54, 1.807) is 20.3 Å². The number of amides is 1. The van der Waals surface area contributed by atoms with Crippen molar-refractivity contribution in [3.05, 3.63) is 77.9 Å². The third-order valence-corrected chi connectivity index (χ3v) is 5.95. The van der Waals surface area contributed by atoms with E-state index in [1.165, 1.54) is 23.3 Å². The molecule has 3 aromatic carbocycles. The van der Waals surface area contributed by atoms with Crippen molar-refractivity contribution >= 4 is 12.1 Å². The van der Waals surface area contributed by atoms with E-state index in [9.17, 15) is 15.0 Å². The Morgan fingerprint density at radius 2 is 1.44 bits per heavy atom. The maximum atomic E-state index is 10.6. The maximum absolute atomic E-state index is 10.6. The summed E-state index contributed by atoms with van der Waals surface area (Å²) in [6.07, 6.45) is 0.541. The van der Waals surface area contributed by atoms with Crippen molar-refractivity contribution < 1.29 is 29.2 Å². The summed E-state index contributed by atoms with van der Waals surface area (Å²) in [7, 11) is 3.30. The molecule has 2 atom stereocenters. The van der Waals surface area contributed by atoms with Crippen molar-refractivity contribution in [2.24, 2.45) is 0 Å². The van der Waals surface area contributed by atoms with Crippen LogP contribution in [-0.2, 0) is 4.79 Å². The topological polar surface area (TPSA) is 109 Å². The second kappa shape index (κ2) is 13.4. The molecule has 8 nitrogen and oxygen atoms in total. The van der Waals surface area contributed by atoms with Crippen LogP contribution in [0.25, 0.3) is 0 Å². The Morgan fingerprint density at radius 1 is 0.889 bits per heavy atom. The molecule has 0 radical (unpaired) electrons. The number of rotatable bonds is 14. The van der Waals surface area contributed by atoms with E-state index >= 15 is 0 Å². The minimum absolute atomic E-state index is 0.0609. The van der Waals surface area contributed by atoms with Crippen LogP contribution < -0.4 is 24.8 Å². The maximum Gasteiger partial charge on any atom is 0.211 e. The zero-order valence-corrected chi connectivity index (χ0v) is 20.8. The lowest BCUT2D eigenvalue weighted by molar-refractivity contribution is -0.105. The van der Waals surface area contributed by atoms with Crippen LogP contribution in [0.1, 0.15) is 30.4 Å². The Kier molecular flexibility index (Phi) is 9.97. The molecule has 0 saturated heterocycles. The quantitative estimate of drug-likeness (QED) is 0.199. The number of aliphatic hydroxyl groups is 1. The monoisotopic (exact) mass is 494 g/mol. The van der Waals surface area contributed by atoms with Crippen LogP contribution in [0, 0.1) is 0 Å². The third-order valence-electron chi connectivity index (χ3n) is 5.95. The van der Waals surface area contributed by atoms with Gasteiger partial charge in [0, 0.05) is 24.6 Å². The number of phenols is 1. The molecule has 0 aromatic heterocycles. The molecule has 36 heavy (non-hydrogen) atoms. The number of ether oxygens (including phenoxy) is 3. The second-order valence-corrected chi connectivity index (χ2v) is 8.55. The first kappa shape index (κ1) is 26.8. The van der Waals surface area contributed by atoms with E-state index in [0.29, 0.717) is 18.7 Å². The summed E-state index contributed by atoms with van der Waals surface area (Å²) in [5.74, 6) is 2.13. The first-order chi connectivity index (χ1) is 17.4. The Balaban J connectivity index is 1.59. The first-order valence-corrected chi connectivity index (χ1v) is 11.8. The minimum Gasteiger partial charge on any atom is -0.506 e. The molecule has 1 unspecified atom stereocenters. The summed E-state index contributed by atoms with van der Waals surface area (Å²) in [6.45, 7) is 2.49. The van der Waals surface area contributed by atoms with Crippen LogP contribution in [0.3, 0.4) is 0 Å². The number of anilines is 1. The first-order valence-electron chi connectivity index (χ1n) is 11.8. The Labute approximate surface area is 211 Å². The highest BCUT2D eigenvalue weighted by Gasteiger charge is 2.19. The molecule has 0 bridgehead atoms. The summed E-state index contributed by atoms with van der Waals surface area (Å²) >= 11 is 0. The molecule has 0 aliphatic rings. The standard InChI is InChI=1S/C28H34N2O6/c1-19(29-16-22(32)17-36-25-12-13-28(33)27(15-25)30-18-31)14-26(20-4-8-23(34-2)9-5-20)21-6-10-24(35-3)11-7-21/h4-13,15,18-19,22,26,29,32-33H,14,16-17H2,1-3H3,(H,30,31)/t19?,22-/m0/s1. The average molecular weight is 495 g/mol. The fourth-order valence-electron chi connectivity index (χ4n) is 3.95. The fraction of sp³-hybridized carbons (Fsp3) is 0.321. The third kappa shape index (κ3) is 7.63. The summed E-state index contributed by atoms with van der Waals surface area (Å²) in [5, 5.41) is 26.0. The number of nitrogens with one attached hydrogen (secondary N) is 2. The van der Waals surface area contributed by atoms with Gasteiger partial charge < -0.3 is 35.1 Å².